The summed E-state index contributed by atoms with van der Waals surface area (Å²) in [5.74, 6) is 0.770. The molecule has 0 amide bonds. The first-order chi connectivity index (χ1) is 12.5. The van der Waals surface area contributed by atoms with E-state index in [1.54, 1.807) is 4.57 Å². The third-order valence-electron chi connectivity index (χ3n) is 3.97. The van der Waals surface area contributed by atoms with Crippen LogP contribution in [0.15, 0.2) is 28.2 Å². The van der Waals surface area contributed by atoms with Crippen molar-refractivity contribution in [3.63, 3.8) is 0 Å². The number of aryl methyl sites for hydroxylation is 2. The number of ether oxygens (including phenoxy) is 1. The van der Waals surface area contributed by atoms with Gasteiger partial charge in [-0.25, -0.2) is 0 Å². The number of benzene rings is 1. The minimum atomic E-state index is -0.0787. The van der Waals surface area contributed by atoms with Crippen LogP contribution < -0.4 is 5.56 Å². The summed E-state index contributed by atoms with van der Waals surface area (Å²) in [6, 6.07) is 7.86. The van der Waals surface area contributed by atoms with Crippen molar-refractivity contribution in [1.29, 1.82) is 5.26 Å². The van der Waals surface area contributed by atoms with Gasteiger partial charge in [0.25, 0.3) is 5.56 Å². The Balaban J connectivity index is 2.12. The first kappa shape index (κ1) is 18.4. The fourth-order valence-corrected chi connectivity index (χ4v) is 3.44. The maximum absolute atomic E-state index is 13.0. The lowest BCUT2D eigenvalue weighted by atomic mass is 10.1. The predicted octanol–water partition coefficient (Wildman–Crippen LogP) is 2.78. The molecule has 0 fully saturated rings. The van der Waals surface area contributed by atoms with Crippen molar-refractivity contribution < 1.29 is 4.74 Å². The van der Waals surface area contributed by atoms with E-state index < -0.39 is 0 Å². The van der Waals surface area contributed by atoms with Gasteiger partial charge in [-0.3, -0.25) is 13.8 Å². The van der Waals surface area contributed by atoms with Gasteiger partial charge < -0.3 is 4.74 Å². The molecule has 136 valence electrons. The second-order valence-electron chi connectivity index (χ2n) is 6.32. The summed E-state index contributed by atoms with van der Waals surface area (Å²) < 4.78 is 9.09. The molecule has 3 aromatic rings. The minimum absolute atomic E-state index is 0.0787. The molecule has 0 aliphatic carbocycles. The molecule has 8 heteroatoms. The molecule has 0 spiro atoms. The zero-order valence-electron chi connectivity index (χ0n) is 15.1. The van der Waals surface area contributed by atoms with E-state index in [-0.39, 0.29) is 17.4 Å². The highest BCUT2D eigenvalue weighted by Crippen LogP contribution is 2.22. The summed E-state index contributed by atoms with van der Waals surface area (Å²) >= 11 is 1.31. The second-order valence-corrected chi connectivity index (χ2v) is 7.26. The number of hydrogen-bond acceptors (Lipinski definition) is 6. The monoisotopic (exact) mass is 371 g/mol. The molecule has 0 N–H and O–H groups in total. The zero-order valence-corrected chi connectivity index (χ0v) is 15.9. The first-order valence-electron chi connectivity index (χ1n) is 8.52. The van der Waals surface area contributed by atoms with Crippen LogP contribution in [0.3, 0.4) is 0 Å². The van der Waals surface area contributed by atoms with E-state index in [2.05, 4.69) is 16.3 Å². The van der Waals surface area contributed by atoms with Gasteiger partial charge in [0, 0.05) is 13.2 Å². The summed E-state index contributed by atoms with van der Waals surface area (Å²) in [7, 11) is 0. The normalized spacial score (nSPS) is 11.5. The van der Waals surface area contributed by atoms with E-state index >= 15 is 0 Å². The number of nitriles is 1. The van der Waals surface area contributed by atoms with Crippen LogP contribution in [0.4, 0.5) is 0 Å². The average molecular weight is 371 g/mol. The van der Waals surface area contributed by atoms with Crippen LogP contribution >= 0.6 is 11.8 Å². The number of aromatic nitrogens is 4. The molecule has 3 rings (SSSR count). The fraction of sp³-hybridized carbons (Fsp3) is 0.444. The highest BCUT2D eigenvalue weighted by atomic mass is 32.2. The maximum Gasteiger partial charge on any atom is 0.262 e. The molecule has 2 heterocycles. The molecule has 2 aromatic heterocycles. The lowest BCUT2D eigenvalue weighted by molar-refractivity contribution is 0.0748. The Morgan fingerprint density at radius 2 is 2.15 bits per heavy atom. The van der Waals surface area contributed by atoms with Crippen molar-refractivity contribution in [3.05, 3.63) is 34.1 Å². The van der Waals surface area contributed by atoms with E-state index in [0.717, 1.165) is 11.1 Å². The van der Waals surface area contributed by atoms with Gasteiger partial charge in [-0.15, -0.1) is 10.2 Å². The Bertz CT molecular complexity index is 1030. The van der Waals surface area contributed by atoms with Crippen molar-refractivity contribution in [2.24, 2.45) is 0 Å². The molecule has 26 heavy (non-hydrogen) atoms. The molecule has 0 aliphatic rings. The van der Waals surface area contributed by atoms with Crippen LogP contribution in [0.1, 0.15) is 25.8 Å². The smallest absolute Gasteiger partial charge is 0.262 e. The van der Waals surface area contributed by atoms with E-state index in [9.17, 15) is 4.79 Å². The van der Waals surface area contributed by atoms with Crippen LogP contribution in [0.5, 0.6) is 0 Å². The summed E-state index contributed by atoms with van der Waals surface area (Å²) in [5.41, 5.74) is 1.70. The van der Waals surface area contributed by atoms with E-state index in [4.69, 9.17) is 10.00 Å². The number of hydrogen-bond donors (Lipinski definition) is 0. The van der Waals surface area contributed by atoms with Crippen LogP contribution in [0.25, 0.3) is 16.7 Å². The SMILES string of the molecule is Cc1ccc2c(c1)c(=O)n(CCCOC(C)C)c1nnc(SCC#N)n21. The standard InChI is InChI=1S/C18H21N5O2S/c1-12(2)25-9-4-8-22-16(24)14-11-13(3)5-6-15(14)23-17(22)20-21-18(23)26-10-7-19/h5-6,11-12H,4,8-10H2,1-3H3. The Hall–Kier alpha value is -2.37. The highest BCUT2D eigenvalue weighted by Gasteiger charge is 2.16. The maximum atomic E-state index is 13.0. The minimum Gasteiger partial charge on any atom is -0.379 e. The van der Waals surface area contributed by atoms with Gasteiger partial charge in [-0.05, 0) is 39.3 Å². The van der Waals surface area contributed by atoms with Crippen LogP contribution in [0, 0.1) is 18.3 Å². The number of rotatable bonds is 7. The van der Waals surface area contributed by atoms with Crippen LogP contribution in [-0.4, -0.2) is 37.6 Å². The molecule has 0 saturated heterocycles. The Kier molecular flexibility index (Phi) is 5.59. The third-order valence-corrected chi connectivity index (χ3v) is 4.77. The fourth-order valence-electron chi connectivity index (χ4n) is 2.83. The number of fused-ring (bicyclic) bond motifs is 3. The Morgan fingerprint density at radius 1 is 1.35 bits per heavy atom. The van der Waals surface area contributed by atoms with Crippen molar-refractivity contribution in [2.45, 2.75) is 45.0 Å². The van der Waals surface area contributed by atoms with Gasteiger partial charge in [-0.1, -0.05) is 23.4 Å². The highest BCUT2D eigenvalue weighted by molar-refractivity contribution is 7.99. The molecular formula is C18H21N5O2S. The molecule has 0 bridgehead atoms. The van der Waals surface area contributed by atoms with E-state index in [0.29, 0.717) is 35.9 Å². The lowest BCUT2D eigenvalue weighted by Crippen LogP contribution is -2.24. The quantitative estimate of drug-likeness (QED) is 0.469. The Labute approximate surface area is 155 Å². The topological polar surface area (TPSA) is 85.2 Å². The molecule has 0 saturated carbocycles. The molecular weight excluding hydrogens is 350 g/mol. The van der Waals surface area contributed by atoms with Crippen molar-refractivity contribution in [2.75, 3.05) is 12.4 Å². The van der Waals surface area contributed by atoms with Gasteiger partial charge >= 0.3 is 0 Å². The van der Waals surface area contributed by atoms with Crippen LogP contribution in [-0.2, 0) is 11.3 Å². The molecule has 0 unspecified atom stereocenters. The van der Waals surface area contributed by atoms with Crippen molar-refractivity contribution in [3.8, 4) is 6.07 Å². The average Bonchev–Trinajstić information content (AvgIpc) is 3.02. The third kappa shape index (κ3) is 3.59. The van der Waals surface area contributed by atoms with E-state index in [1.165, 1.54) is 11.8 Å². The second kappa shape index (κ2) is 7.89. The molecule has 7 nitrogen and oxygen atoms in total. The molecule has 0 radical (unpaired) electrons. The molecule has 1 aromatic carbocycles. The van der Waals surface area contributed by atoms with E-state index in [1.807, 2.05) is 43.4 Å². The van der Waals surface area contributed by atoms with Crippen molar-refractivity contribution in [1.82, 2.24) is 19.2 Å². The first-order valence-corrected chi connectivity index (χ1v) is 9.51. The predicted molar refractivity (Wildman–Crippen MR) is 102 cm³/mol. The van der Waals surface area contributed by atoms with Gasteiger partial charge in [0.1, 0.15) is 0 Å². The lowest BCUT2D eigenvalue weighted by Gasteiger charge is -2.12. The zero-order chi connectivity index (χ0) is 18.7. The number of nitrogens with zero attached hydrogens (tertiary/aromatic N) is 5. The summed E-state index contributed by atoms with van der Waals surface area (Å²) in [4.78, 5) is 13.0. The Morgan fingerprint density at radius 3 is 2.88 bits per heavy atom. The van der Waals surface area contributed by atoms with Crippen LogP contribution in [0.2, 0.25) is 0 Å². The summed E-state index contributed by atoms with van der Waals surface area (Å²) in [5, 5.41) is 18.5. The van der Waals surface area contributed by atoms with Crippen molar-refractivity contribution >= 4 is 28.4 Å². The van der Waals surface area contributed by atoms with Gasteiger partial charge in [0.2, 0.25) is 5.78 Å². The molecule has 0 aliphatic heterocycles. The number of thioether (sulfide) groups is 1. The van der Waals surface area contributed by atoms with Gasteiger partial charge in [0.15, 0.2) is 5.16 Å². The largest absolute Gasteiger partial charge is 0.379 e. The van der Waals surface area contributed by atoms with Gasteiger partial charge in [-0.2, -0.15) is 5.26 Å². The summed E-state index contributed by atoms with van der Waals surface area (Å²) in [6.45, 7) is 7.01. The molecule has 0 atom stereocenters. The van der Waals surface area contributed by atoms with Gasteiger partial charge in [0.05, 0.1) is 28.8 Å². The summed E-state index contributed by atoms with van der Waals surface area (Å²) in [6.07, 6.45) is 0.867.